The number of nitrogens with one attached hydrogen (secondary N) is 1. The van der Waals surface area contributed by atoms with Crippen molar-refractivity contribution in [2.75, 3.05) is 12.9 Å². The largest absolute Gasteiger partial charge is 0.484 e. The van der Waals surface area contributed by atoms with Gasteiger partial charge in [-0.15, -0.1) is 0 Å². The van der Waals surface area contributed by atoms with E-state index >= 15 is 0 Å². The van der Waals surface area contributed by atoms with Crippen LogP contribution in [0.25, 0.3) is 0 Å². The van der Waals surface area contributed by atoms with E-state index in [-0.39, 0.29) is 17.4 Å². The average Bonchev–Trinajstić information content (AvgIpc) is 2.52. The zero-order chi connectivity index (χ0) is 16.9. The SMILES string of the molecule is Cc1ccc(CNC(=O)COc2ccc(S(C)(=O)=O)cc2)cc1. The molecular formula is C17H19NO4S. The van der Waals surface area contributed by atoms with Gasteiger partial charge in [0.2, 0.25) is 0 Å². The maximum atomic E-state index is 11.8. The van der Waals surface area contributed by atoms with Crippen molar-refractivity contribution in [2.45, 2.75) is 18.4 Å². The number of aryl methyl sites for hydroxylation is 1. The van der Waals surface area contributed by atoms with E-state index in [9.17, 15) is 13.2 Å². The minimum absolute atomic E-state index is 0.121. The van der Waals surface area contributed by atoms with E-state index in [4.69, 9.17) is 4.74 Å². The number of rotatable bonds is 6. The quantitative estimate of drug-likeness (QED) is 0.878. The van der Waals surface area contributed by atoms with Crippen molar-refractivity contribution >= 4 is 15.7 Å². The second kappa shape index (κ2) is 7.28. The number of hydrogen-bond acceptors (Lipinski definition) is 4. The number of carbonyl (C=O) groups is 1. The third-order valence-corrected chi connectivity index (χ3v) is 4.36. The zero-order valence-electron chi connectivity index (χ0n) is 13.1. The number of carbonyl (C=O) groups excluding carboxylic acids is 1. The highest BCUT2D eigenvalue weighted by Crippen LogP contribution is 2.15. The van der Waals surface area contributed by atoms with Crippen LogP contribution in [0.2, 0.25) is 0 Å². The van der Waals surface area contributed by atoms with Crippen molar-refractivity contribution in [2.24, 2.45) is 0 Å². The lowest BCUT2D eigenvalue weighted by atomic mass is 10.1. The second-order valence-corrected chi connectivity index (χ2v) is 7.31. The molecule has 5 nitrogen and oxygen atoms in total. The Morgan fingerprint density at radius 3 is 2.22 bits per heavy atom. The van der Waals surface area contributed by atoms with Crippen LogP contribution in [0.3, 0.4) is 0 Å². The number of hydrogen-bond donors (Lipinski definition) is 1. The highest BCUT2D eigenvalue weighted by Gasteiger charge is 2.07. The first-order valence-corrected chi connectivity index (χ1v) is 8.99. The second-order valence-electron chi connectivity index (χ2n) is 5.29. The number of sulfone groups is 1. The molecular weight excluding hydrogens is 314 g/mol. The summed E-state index contributed by atoms with van der Waals surface area (Å²) in [5, 5.41) is 2.76. The van der Waals surface area contributed by atoms with Gasteiger partial charge >= 0.3 is 0 Å². The van der Waals surface area contributed by atoms with Crippen molar-refractivity contribution < 1.29 is 17.9 Å². The first-order chi connectivity index (χ1) is 10.8. The highest BCUT2D eigenvalue weighted by molar-refractivity contribution is 7.90. The van der Waals surface area contributed by atoms with Crippen LogP contribution in [-0.2, 0) is 21.2 Å². The number of ether oxygens (including phenoxy) is 1. The Morgan fingerprint density at radius 1 is 1.04 bits per heavy atom. The van der Waals surface area contributed by atoms with Gasteiger partial charge in [-0.2, -0.15) is 0 Å². The van der Waals surface area contributed by atoms with Crippen LogP contribution in [0.15, 0.2) is 53.4 Å². The van der Waals surface area contributed by atoms with Crippen LogP contribution in [0.5, 0.6) is 5.75 Å². The molecule has 0 aromatic heterocycles. The molecule has 23 heavy (non-hydrogen) atoms. The lowest BCUT2D eigenvalue weighted by Crippen LogP contribution is -2.28. The van der Waals surface area contributed by atoms with E-state index in [0.717, 1.165) is 11.8 Å². The van der Waals surface area contributed by atoms with Crippen molar-refractivity contribution in [3.63, 3.8) is 0 Å². The Hall–Kier alpha value is -2.34. The first kappa shape index (κ1) is 17.0. The third kappa shape index (κ3) is 5.41. The van der Waals surface area contributed by atoms with Gasteiger partial charge in [-0.3, -0.25) is 4.79 Å². The van der Waals surface area contributed by atoms with Crippen LogP contribution in [0.1, 0.15) is 11.1 Å². The molecule has 0 saturated carbocycles. The highest BCUT2D eigenvalue weighted by atomic mass is 32.2. The number of amides is 1. The minimum atomic E-state index is -3.23. The standard InChI is InChI=1S/C17H19NO4S/c1-13-3-5-14(6-4-13)11-18-17(19)12-22-15-7-9-16(10-8-15)23(2,20)21/h3-10H,11-12H2,1-2H3,(H,18,19). The lowest BCUT2D eigenvalue weighted by molar-refractivity contribution is -0.123. The molecule has 0 heterocycles. The van der Waals surface area contributed by atoms with Crippen LogP contribution in [0.4, 0.5) is 0 Å². The molecule has 0 spiro atoms. The summed E-state index contributed by atoms with van der Waals surface area (Å²) in [6.45, 7) is 2.32. The van der Waals surface area contributed by atoms with Gasteiger partial charge < -0.3 is 10.1 Å². The Bertz CT molecular complexity index is 765. The Labute approximate surface area is 136 Å². The van der Waals surface area contributed by atoms with Gasteiger partial charge in [0.15, 0.2) is 16.4 Å². The van der Waals surface area contributed by atoms with Gasteiger partial charge in [0.05, 0.1) is 4.90 Å². The monoisotopic (exact) mass is 333 g/mol. The fourth-order valence-electron chi connectivity index (χ4n) is 1.89. The van der Waals surface area contributed by atoms with Crippen molar-refractivity contribution in [1.82, 2.24) is 5.32 Å². The van der Waals surface area contributed by atoms with Gasteiger partial charge in [-0.1, -0.05) is 29.8 Å². The van der Waals surface area contributed by atoms with Crippen molar-refractivity contribution in [3.8, 4) is 5.75 Å². The molecule has 2 aromatic carbocycles. The van der Waals surface area contributed by atoms with E-state index < -0.39 is 9.84 Å². The normalized spacial score (nSPS) is 11.0. The van der Waals surface area contributed by atoms with Crippen molar-refractivity contribution in [3.05, 3.63) is 59.7 Å². The molecule has 6 heteroatoms. The van der Waals surface area contributed by atoms with Gasteiger partial charge in [0.25, 0.3) is 5.91 Å². The molecule has 0 radical (unpaired) electrons. The van der Waals surface area contributed by atoms with E-state index in [0.29, 0.717) is 12.3 Å². The summed E-state index contributed by atoms with van der Waals surface area (Å²) in [6, 6.07) is 13.9. The van der Waals surface area contributed by atoms with Gasteiger partial charge in [-0.05, 0) is 36.8 Å². The molecule has 0 atom stereocenters. The lowest BCUT2D eigenvalue weighted by Gasteiger charge is -2.08. The summed E-state index contributed by atoms with van der Waals surface area (Å²) in [6.07, 6.45) is 1.14. The molecule has 1 N–H and O–H groups in total. The molecule has 0 aliphatic rings. The molecule has 0 aliphatic heterocycles. The fourth-order valence-corrected chi connectivity index (χ4v) is 2.52. The van der Waals surface area contributed by atoms with E-state index in [1.807, 2.05) is 31.2 Å². The average molecular weight is 333 g/mol. The van der Waals surface area contributed by atoms with E-state index in [2.05, 4.69) is 5.32 Å². The molecule has 0 fully saturated rings. The van der Waals surface area contributed by atoms with Crippen LogP contribution in [0, 0.1) is 6.92 Å². The molecule has 0 saturated heterocycles. The predicted octanol–water partition coefficient (Wildman–Crippen LogP) is 2.09. The van der Waals surface area contributed by atoms with Crippen LogP contribution in [-0.4, -0.2) is 27.2 Å². The van der Waals surface area contributed by atoms with Gasteiger partial charge in [-0.25, -0.2) is 8.42 Å². The maximum Gasteiger partial charge on any atom is 0.258 e. The molecule has 122 valence electrons. The molecule has 0 unspecified atom stereocenters. The third-order valence-electron chi connectivity index (χ3n) is 3.23. The summed E-state index contributed by atoms with van der Waals surface area (Å²) in [5.74, 6) is 0.209. The Kier molecular flexibility index (Phi) is 5.39. The summed E-state index contributed by atoms with van der Waals surface area (Å²) in [5.41, 5.74) is 2.18. The van der Waals surface area contributed by atoms with Crippen LogP contribution >= 0.6 is 0 Å². The van der Waals surface area contributed by atoms with E-state index in [1.54, 1.807) is 0 Å². The predicted molar refractivity (Wildman–Crippen MR) is 88.1 cm³/mol. The summed E-state index contributed by atoms with van der Waals surface area (Å²) in [4.78, 5) is 12.0. The fraction of sp³-hybridized carbons (Fsp3) is 0.235. The molecule has 2 aromatic rings. The van der Waals surface area contributed by atoms with Crippen molar-refractivity contribution in [1.29, 1.82) is 0 Å². The summed E-state index contributed by atoms with van der Waals surface area (Å²) < 4.78 is 28.0. The molecule has 0 aliphatic carbocycles. The maximum absolute atomic E-state index is 11.8. The minimum Gasteiger partial charge on any atom is -0.484 e. The van der Waals surface area contributed by atoms with Gasteiger partial charge in [0, 0.05) is 12.8 Å². The van der Waals surface area contributed by atoms with Gasteiger partial charge in [0.1, 0.15) is 5.75 Å². The molecule has 0 bridgehead atoms. The van der Waals surface area contributed by atoms with E-state index in [1.165, 1.54) is 29.8 Å². The first-order valence-electron chi connectivity index (χ1n) is 7.10. The zero-order valence-corrected chi connectivity index (χ0v) is 13.9. The number of benzene rings is 2. The topological polar surface area (TPSA) is 72.5 Å². The molecule has 2 rings (SSSR count). The summed E-state index contributed by atoms with van der Waals surface area (Å²) >= 11 is 0. The van der Waals surface area contributed by atoms with Crippen LogP contribution < -0.4 is 10.1 Å². The summed E-state index contributed by atoms with van der Waals surface area (Å²) in [7, 11) is -3.23. The Balaban J connectivity index is 1.81. The smallest absolute Gasteiger partial charge is 0.258 e. The Morgan fingerprint density at radius 2 is 1.65 bits per heavy atom. The molecule has 1 amide bonds.